The number of carbonyl (C=O) groups is 1. The van der Waals surface area contributed by atoms with E-state index in [1.165, 1.54) is 11.7 Å². The number of nitriles is 1. The number of rotatable bonds is 8. The highest BCUT2D eigenvalue weighted by Crippen LogP contribution is 2.24. The number of amides is 1. The van der Waals surface area contributed by atoms with Crippen molar-refractivity contribution in [2.75, 3.05) is 20.3 Å². The number of hydrogen-bond acceptors (Lipinski definition) is 5. The third-order valence-electron chi connectivity index (χ3n) is 4.07. The molecule has 0 saturated heterocycles. The molecular weight excluding hydrogens is 433 g/mol. The Labute approximate surface area is 182 Å². The molecule has 0 aliphatic heterocycles. The van der Waals surface area contributed by atoms with Crippen molar-refractivity contribution in [3.63, 3.8) is 0 Å². The van der Waals surface area contributed by atoms with Crippen LogP contribution in [-0.4, -0.2) is 30.7 Å². The summed E-state index contributed by atoms with van der Waals surface area (Å²) < 4.78 is 7.05. The fraction of sp³-hybridized carbons (Fsp3) is 0.350. The minimum absolute atomic E-state index is 0.107. The molecule has 0 aliphatic rings. The second-order valence-corrected chi connectivity index (χ2v) is 7.94. The van der Waals surface area contributed by atoms with Gasteiger partial charge in [-0.15, -0.1) is 11.3 Å². The van der Waals surface area contributed by atoms with Gasteiger partial charge in [-0.2, -0.15) is 5.26 Å². The van der Waals surface area contributed by atoms with Crippen molar-refractivity contribution in [1.29, 1.82) is 5.26 Å². The van der Waals surface area contributed by atoms with Crippen LogP contribution in [0.5, 0.6) is 0 Å². The van der Waals surface area contributed by atoms with Crippen LogP contribution < -0.4 is 20.1 Å². The van der Waals surface area contributed by atoms with Crippen molar-refractivity contribution < 1.29 is 9.53 Å². The fourth-order valence-corrected chi connectivity index (χ4v) is 4.15. The van der Waals surface area contributed by atoms with Gasteiger partial charge >= 0.3 is 0 Å². The Hall–Kier alpha value is -2.11. The van der Waals surface area contributed by atoms with Crippen LogP contribution in [0.25, 0.3) is 11.6 Å². The first-order valence-electron chi connectivity index (χ1n) is 9.01. The van der Waals surface area contributed by atoms with E-state index in [2.05, 4.69) is 5.32 Å². The maximum Gasteiger partial charge on any atom is 0.269 e. The molecule has 0 bridgehead atoms. The molecule has 154 valence electrons. The molecule has 1 aromatic carbocycles. The van der Waals surface area contributed by atoms with Gasteiger partial charge in [0.2, 0.25) is 0 Å². The molecule has 1 N–H and O–H groups in total. The molecule has 29 heavy (non-hydrogen) atoms. The van der Waals surface area contributed by atoms with Crippen molar-refractivity contribution in [3.05, 3.63) is 53.4 Å². The molecule has 0 saturated carbocycles. The Balaban J connectivity index is 2.71. The maximum atomic E-state index is 13.0. The van der Waals surface area contributed by atoms with Gasteiger partial charge in [-0.1, -0.05) is 42.6 Å². The fourth-order valence-electron chi connectivity index (χ4n) is 2.53. The van der Waals surface area contributed by atoms with Gasteiger partial charge in [0.25, 0.3) is 11.5 Å². The van der Waals surface area contributed by atoms with Gasteiger partial charge in [0.05, 0.1) is 17.7 Å². The summed E-state index contributed by atoms with van der Waals surface area (Å²) in [6.45, 7) is 2.93. The summed E-state index contributed by atoms with van der Waals surface area (Å²) in [5.41, 5.74) is 0.0573. The van der Waals surface area contributed by atoms with Crippen molar-refractivity contribution in [2.24, 2.45) is 0 Å². The van der Waals surface area contributed by atoms with E-state index in [9.17, 15) is 14.9 Å². The Morgan fingerprint density at radius 1 is 1.38 bits per heavy atom. The standard InChI is InChI=1S/C20H21Cl2N3O3S/c1-3-4-8-24-18(26)14(12-23)20-25(9-10-28-2)19(27)17(29-20)11-13-15(21)6-5-7-16(13)22/h5-7,11H,3-4,8-10H2,1-2H3,(H,24,26)/b17-11-,20-14-. The van der Waals surface area contributed by atoms with E-state index >= 15 is 0 Å². The quantitative estimate of drug-likeness (QED) is 0.621. The van der Waals surface area contributed by atoms with E-state index in [4.69, 9.17) is 27.9 Å². The zero-order valence-electron chi connectivity index (χ0n) is 16.1. The molecule has 9 heteroatoms. The lowest BCUT2D eigenvalue weighted by molar-refractivity contribution is -0.115. The molecule has 0 atom stereocenters. The average Bonchev–Trinajstić information content (AvgIpc) is 2.99. The maximum absolute atomic E-state index is 13.0. The normalized spacial score (nSPS) is 12.6. The molecule has 2 rings (SSSR count). The molecular formula is C20H21Cl2N3O3S. The second-order valence-electron chi connectivity index (χ2n) is 6.10. The predicted octanol–water partition coefficient (Wildman–Crippen LogP) is 2.28. The first-order chi connectivity index (χ1) is 13.9. The summed E-state index contributed by atoms with van der Waals surface area (Å²) in [5.74, 6) is -0.504. The van der Waals surface area contributed by atoms with Crippen LogP contribution in [0.15, 0.2) is 23.0 Å². The van der Waals surface area contributed by atoms with E-state index in [-0.39, 0.29) is 28.9 Å². The number of halogens is 2. The third kappa shape index (κ3) is 5.71. The summed E-state index contributed by atoms with van der Waals surface area (Å²) in [4.78, 5) is 25.5. The number of carbonyl (C=O) groups excluding carboxylic acids is 1. The average molecular weight is 454 g/mol. The van der Waals surface area contributed by atoms with Crippen molar-refractivity contribution in [2.45, 2.75) is 26.3 Å². The Kier molecular flexibility index (Phi) is 8.93. The highest BCUT2D eigenvalue weighted by molar-refractivity contribution is 7.07. The SMILES string of the molecule is CCCCNC(=O)/C(C#N)=c1\s/c(=C\c2c(Cl)cccc2Cl)c(=O)n1CCOC. The summed E-state index contributed by atoms with van der Waals surface area (Å²) in [7, 11) is 1.51. The largest absolute Gasteiger partial charge is 0.383 e. The number of nitrogens with zero attached hydrogens (tertiary/aromatic N) is 2. The van der Waals surface area contributed by atoms with E-state index in [1.807, 2.05) is 13.0 Å². The lowest BCUT2D eigenvalue weighted by atomic mass is 10.2. The second kappa shape index (κ2) is 11.2. The highest BCUT2D eigenvalue weighted by Gasteiger charge is 2.16. The highest BCUT2D eigenvalue weighted by atomic mass is 35.5. The molecule has 1 amide bonds. The van der Waals surface area contributed by atoms with Gasteiger partial charge in [0.1, 0.15) is 10.7 Å². The van der Waals surface area contributed by atoms with Crippen LogP contribution in [0.3, 0.4) is 0 Å². The lowest BCUT2D eigenvalue weighted by Gasteiger charge is -2.04. The molecule has 2 aromatic rings. The van der Waals surface area contributed by atoms with Gasteiger partial charge in [0.15, 0.2) is 5.57 Å². The number of ether oxygens (including phenoxy) is 1. The van der Waals surface area contributed by atoms with Crippen LogP contribution in [0.2, 0.25) is 10.0 Å². The smallest absolute Gasteiger partial charge is 0.269 e. The first kappa shape index (κ1) is 23.2. The van der Waals surface area contributed by atoms with Gasteiger partial charge in [-0.25, -0.2) is 0 Å². The molecule has 6 nitrogen and oxygen atoms in total. The van der Waals surface area contributed by atoms with E-state index in [0.29, 0.717) is 26.7 Å². The van der Waals surface area contributed by atoms with E-state index < -0.39 is 5.91 Å². The molecule has 1 aromatic heterocycles. The number of nitrogens with one attached hydrogen (secondary N) is 1. The summed E-state index contributed by atoms with van der Waals surface area (Å²) in [6.07, 6.45) is 3.29. The molecule has 0 aliphatic carbocycles. The number of methoxy groups -OCH3 is 1. The molecule has 0 fully saturated rings. The van der Waals surface area contributed by atoms with Crippen LogP contribution in [-0.2, 0) is 16.1 Å². The predicted molar refractivity (Wildman–Crippen MR) is 117 cm³/mol. The number of aromatic nitrogens is 1. The first-order valence-corrected chi connectivity index (χ1v) is 10.6. The zero-order chi connectivity index (χ0) is 21.4. The van der Waals surface area contributed by atoms with Crippen LogP contribution >= 0.6 is 34.5 Å². The van der Waals surface area contributed by atoms with E-state index in [1.54, 1.807) is 24.3 Å². The summed E-state index contributed by atoms with van der Waals surface area (Å²) in [5, 5.41) is 13.1. The van der Waals surface area contributed by atoms with Crippen molar-refractivity contribution in [3.8, 4) is 6.07 Å². The third-order valence-corrected chi connectivity index (χ3v) is 5.86. The van der Waals surface area contributed by atoms with Crippen LogP contribution in [0, 0.1) is 11.3 Å². The number of thiazole rings is 1. The lowest BCUT2D eigenvalue weighted by Crippen LogP contribution is -2.36. The molecule has 1 heterocycles. The van der Waals surface area contributed by atoms with Gasteiger partial charge in [0, 0.05) is 29.3 Å². The zero-order valence-corrected chi connectivity index (χ0v) is 18.5. The monoisotopic (exact) mass is 453 g/mol. The number of benzene rings is 1. The Morgan fingerprint density at radius 3 is 2.66 bits per heavy atom. The number of unbranched alkanes of at least 4 members (excludes halogenated alkanes) is 1. The number of hydrogen-bond donors (Lipinski definition) is 1. The van der Waals surface area contributed by atoms with Crippen molar-refractivity contribution >= 4 is 52.1 Å². The van der Waals surface area contributed by atoms with E-state index in [0.717, 1.165) is 24.2 Å². The van der Waals surface area contributed by atoms with Crippen LogP contribution in [0.4, 0.5) is 0 Å². The summed E-state index contributed by atoms with van der Waals surface area (Å²) >= 11 is 13.5. The van der Waals surface area contributed by atoms with Gasteiger partial charge in [-0.3, -0.25) is 14.2 Å². The van der Waals surface area contributed by atoms with Crippen molar-refractivity contribution in [1.82, 2.24) is 9.88 Å². The van der Waals surface area contributed by atoms with Crippen LogP contribution in [0.1, 0.15) is 25.3 Å². The molecule has 0 radical (unpaired) electrons. The minimum atomic E-state index is -0.504. The topological polar surface area (TPSA) is 84.1 Å². The van der Waals surface area contributed by atoms with Gasteiger partial charge in [-0.05, 0) is 24.6 Å². The minimum Gasteiger partial charge on any atom is -0.383 e. The molecule has 0 spiro atoms. The molecule has 0 unspecified atom stereocenters. The van der Waals surface area contributed by atoms with Gasteiger partial charge < -0.3 is 10.1 Å². The Morgan fingerprint density at radius 2 is 2.07 bits per heavy atom. The Bertz CT molecular complexity index is 1080. The summed E-state index contributed by atoms with van der Waals surface area (Å²) in [6, 6.07) is 6.99.